The molecule has 0 radical (unpaired) electrons. The van der Waals surface area contributed by atoms with Crippen molar-refractivity contribution >= 4 is 21.6 Å². The predicted molar refractivity (Wildman–Crippen MR) is 103 cm³/mol. The second-order valence-corrected chi connectivity index (χ2v) is 8.87. The summed E-state index contributed by atoms with van der Waals surface area (Å²) in [6, 6.07) is 14.2. The quantitative estimate of drug-likeness (QED) is 0.666. The van der Waals surface area contributed by atoms with Gasteiger partial charge >= 0.3 is 0 Å². The molecule has 6 nitrogen and oxygen atoms in total. The van der Waals surface area contributed by atoms with Crippen LogP contribution in [0.5, 0.6) is 0 Å². The van der Waals surface area contributed by atoms with Gasteiger partial charge < -0.3 is 0 Å². The molecule has 1 aliphatic heterocycles. The van der Waals surface area contributed by atoms with E-state index in [1.54, 1.807) is 31.5 Å². The van der Waals surface area contributed by atoms with Gasteiger partial charge in [-0.1, -0.05) is 29.8 Å². The van der Waals surface area contributed by atoms with E-state index in [0.29, 0.717) is 29.4 Å². The number of nitrogens with zero attached hydrogens (tertiary/aromatic N) is 4. The maximum Gasteiger partial charge on any atom is 0.244 e. The highest BCUT2D eigenvalue weighted by Crippen LogP contribution is 2.37. The summed E-state index contributed by atoms with van der Waals surface area (Å²) in [4.78, 5) is 0.282. The van der Waals surface area contributed by atoms with Crippen LogP contribution in [0.1, 0.15) is 30.3 Å². The van der Waals surface area contributed by atoms with E-state index in [1.807, 2.05) is 34.9 Å². The highest BCUT2D eigenvalue weighted by molar-refractivity contribution is 7.89. The minimum absolute atomic E-state index is 0.282. The molecule has 2 heterocycles. The first-order valence-electron chi connectivity index (χ1n) is 8.72. The molecule has 0 bridgehead atoms. The lowest BCUT2D eigenvalue weighted by atomic mass is 10.2. The summed E-state index contributed by atoms with van der Waals surface area (Å²) in [6.45, 7) is 2.22. The number of benzene rings is 2. The molecule has 2 aromatic carbocycles. The van der Waals surface area contributed by atoms with Crippen LogP contribution in [0.15, 0.2) is 59.8 Å². The number of halogens is 1. The number of hydrogen-bond donors (Lipinski definition) is 0. The number of aryl methyl sites for hydroxylation is 1. The molecule has 0 spiro atoms. The Balaban J connectivity index is 1.75. The van der Waals surface area contributed by atoms with E-state index in [1.165, 1.54) is 4.31 Å². The second-order valence-electron chi connectivity index (χ2n) is 6.58. The lowest BCUT2D eigenvalue weighted by molar-refractivity contribution is 0.379. The Morgan fingerprint density at radius 3 is 2.67 bits per heavy atom. The fourth-order valence-corrected chi connectivity index (χ4v) is 5.66. The zero-order valence-corrected chi connectivity index (χ0v) is 16.4. The van der Waals surface area contributed by atoms with Gasteiger partial charge in [0, 0.05) is 17.3 Å². The van der Waals surface area contributed by atoms with Gasteiger partial charge in [0.05, 0.1) is 10.9 Å². The largest absolute Gasteiger partial charge is 0.284 e. The molecule has 3 aromatic rings. The fraction of sp³-hybridized carbons (Fsp3) is 0.263. The van der Waals surface area contributed by atoms with Crippen LogP contribution >= 0.6 is 11.6 Å². The highest BCUT2D eigenvalue weighted by Gasteiger charge is 2.39. The van der Waals surface area contributed by atoms with Crippen molar-refractivity contribution in [1.82, 2.24) is 19.1 Å². The smallest absolute Gasteiger partial charge is 0.244 e. The molecule has 27 heavy (non-hydrogen) atoms. The number of para-hydroxylation sites is 1. The Hall–Kier alpha value is -2.22. The summed E-state index contributed by atoms with van der Waals surface area (Å²) >= 11 is 6.00. The SMILES string of the molecule is Cc1cc(Cl)ccc1S(=O)(=O)N1CCCC1c1nncn1-c1ccccc1. The summed E-state index contributed by atoms with van der Waals surface area (Å²) in [5.41, 5.74) is 1.54. The maximum atomic E-state index is 13.3. The van der Waals surface area contributed by atoms with Gasteiger partial charge in [0.1, 0.15) is 6.33 Å². The van der Waals surface area contributed by atoms with E-state index in [-0.39, 0.29) is 10.9 Å². The predicted octanol–water partition coefficient (Wildman–Crippen LogP) is 3.75. The van der Waals surface area contributed by atoms with Crippen molar-refractivity contribution in [3.8, 4) is 5.69 Å². The second kappa shape index (κ2) is 7.07. The molecule has 4 rings (SSSR count). The Labute approximate surface area is 163 Å². The number of rotatable bonds is 4. The van der Waals surface area contributed by atoms with Crippen molar-refractivity contribution in [3.05, 3.63) is 71.3 Å². The monoisotopic (exact) mass is 402 g/mol. The zero-order chi connectivity index (χ0) is 19.0. The molecule has 1 saturated heterocycles. The first kappa shape index (κ1) is 18.2. The number of aromatic nitrogens is 3. The van der Waals surface area contributed by atoms with Crippen LogP contribution in [0.25, 0.3) is 5.69 Å². The number of hydrogen-bond acceptors (Lipinski definition) is 4. The van der Waals surface area contributed by atoms with Crippen molar-refractivity contribution in [1.29, 1.82) is 0 Å². The van der Waals surface area contributed by atoms with Crippen molar-refractivity contribution < 1.29 is 8.42 Å². The van der Waals surface area contributed by atoms with E-state index in [0.717, 1.165) is 12.1 Å². The molecule has 1 unspecified atom stereocenters. The maximum absolute atomic E-state index is 13.3. The molecule has 140 valence electrons. The summed E-state index contributed by atoms with van der Waals surface area (Å²) in [6.07, 6.45) is 3.11. The lowest BCUT2D eigenvalue weighted by Gasteiger charge is -2.24. The Morgan fingerprint density at radius 1 is 1.15 bits per heavy atom. The van der Waals surface area contributed by atoms with Gasteiger partial charge in [-0.15, -0.1) is 10.2 Å². The minimum atomic E-state index is -3.67. The molecule has 0 aliphatic carbocycles. The van der Waals surface area contributed by atoms with Crippen LogP contribution in [-0.4, -0.2) is 34.0 Å². The van der Waals surface area contributed by atoms with Crippen molar-refractivity contribution in [3.63, 3.8) is 0 Å². The summed E-state index contributed by atoms with van der Waals surface area (Å²) in [7, 11) is -3.67. The van der Waals surface area contributed by atoms with Gasteiger partial charge in [-0.2, -0.15) is 4.31 Å². The van der Waals surface area contributed by atoms with Gasteiger partial charge in [-0.3, -0.25) is 4.57 Å². The van der Waals surface area contributed by atoms with E-state index in [2.05, 4.69) is 10.2 Å². The highest BCUT2D eigenvalue weighted by atomic mass is 35.5. The Morgan fingerprint density at radius 2 is 1.93 bits per heavy atom. The van der Waals surface area contributed by atoms with E-state index in [4.69, 9.17) is 11.6 Å². The van der Waals surface area contributed by atoms with Crippen molar-refractivity contribution in [2.45, 2.75) is 30.7 Å². The first-order valence-corrected chi connectivity index (χ1v) is 10.5. The Bertz CT molecular complexity index is 1070. The van der Waals surface area contributed by atoms with Gasteiger partial charge in [0.15, 0.2) is 5.82 Å². The molecule has 1 aromatic heterocycles. The average Bonchev–Trinajstić information content (AvgIpc) is 3.31. The van der Waals surface area contributed by atoms with Crippen LogP contribution in [-0.2, 0) is 10.0 Å². The van der Waals surface area contributed by atoms with E-state index >= 15 is 0 Å². The van der Waals surface area contributed by atoms with Crippen molar-refractivity contribution in [2.24, 2.45) is 0 Å². The molecule has 0 N–H and O–H groups in total. The molecular formula is C19H19ClN4O2S. The molecule has 0 amide bonds. The fourth-order valence-electron chi connectivity index (χ4n) is 3.57. The van der Waals surface area contributed by atoms with Gasteiger partial charge in [0.25, 0.3) is 0 Å². The van der Waals surface area contributed by atoms with Crippen LogP contribution < -0.4 is 0 Å². The molecular weight excluding hydrogens is 384 g/mol. The summed E-state index contributed by atoms with van der Waals surface area (Å²) < 4.78 is 30.1. The molecule has 1 aliphatic rings. The molecule has 8 heteroatoms. The van der Waals surface area contributed by atoms with Crippen molar-refractivity contribution in [2.75, 3.05) is 6.54 Å². The van der Waals surface area contributed by atoms with Crippen LogP contribution in [0, 0.1) is 6.92 Å². The van der Waals surface area contributed by atoms with Crippen LogP contribution in [0.4, 0.5) is 0 Å². The Kier molecular flexibility index (Phi) is 4.75. The summed E-state index contributed by atoms with van der Waals surface area (Å²) in [5.74, 6) is 0.633. The topological polar surface area (TPSA) is 68.1 Å². The third-order valence-electron chi connectivity index (χ3n) is 4.83. The molecule has 1 atom stereocenters. The standard InChI is InChI=1S/C19H19ClN4O2S/c1-14-12-15(20)9-10-18(14)27(25,26)24-11-5-8-17(24)19-22-21-13-23(19)16-6-3-2-4-7-16/h2-4,6-7,9-10,12-13,17H,5,8,11H2,1H3. The minimum Gasteiger partial charge on any atom is -0.284 e. The third kappa shape index (κ3) is 3.26. The molecule has 0 saturated carbocycles. The molecule has 1 fully saturated rings. The summed E-state index contributed by atoms with van der Waals surface area (Å²) in [5, 5.41) is 8.81. The number of sulfonamides is 1. The van der Waals surface area contributed by atoms with Crippen LogP contribution in [0.2, 0.25) is 5.02 Å². The van der Waals surface area contributed by atoms with Gasteiger partial charge in [0.2, 0.25) is 10.0 Å². The third-order valence-corrected chi connectivity index (χ3v) is 7.14. The van der Waals surface area contributed by atoms with Crippen LogP contribution in [0.3, 0.4) is 0 Å². The normalized spacial score (nSPS) is 18.1. The first-order chi connectivity index (χ1) is 13.0. The van der Waals surface area contributed by atoms with Gasteiger partial charge in [-0.25, -0.2) is 8.42 Å². The van der Waals surface area contributed by atoms with Gasteiger partial charge in [-0.05, 0) is 55.7 Å². The van der Waals surface area contributed by atoms with E-state index < -0.39 is 10.0 Å². The van der Waals surface area contributed by atoms with E-state index in [9.17, 15) is 8.42 Å². The average molecular weight is 403 g/mol. The zero-order valence-electron chi connectivity index (χ0n) is 14.8. The lowest BCUT2D eigenvalue weighted by Crippen LogP contribution is -2.32.